The van der Waals surface area contributed by atoms with Crippen LogP contribution in [-0.2, 0) is 9.53 Å². The van der Waals surface area contributed by atoms with Crippen LogP contribution in [0, 0.1) is 0 Å². The first-order chi connectivity index (χ1) is 8.22. The van der Waals surface area contributed by atoms with Crippen molar-refractivity contribution < 1.29 is 9.53 Å². The Morgan fingerprint density at radius 2 is 2.06 bits per heavy atom. The number of nitrogens with one attached hydrogen (secondary N) is 2. The zero-order valence-electron chi connectivity index (χ0n) is 11.5. The second-order valence-corrected chi connectivity index (χ2v) is 4.78. The van der Waals surface area contributed by atoms with E-state index in [0.29, 0.717) is 18.6 Å². The lowest BCUT2D eigenvalue weighted by atomic mass is 10.1. The Hall–Kier alpha value is -0.320. The Bertz CT molecular complexity index is 227. The first-order valence-corrected chi connectivity index (χ1v) is 6.85. The minimum Gasteiger partial charge on any atom is -0.375 e. The van der Waals surface area contributed by atoms with Crippen LogP contribution < -0.4 is 10.6 Å². The lowest BCUT2D eigenvalue weighted by Crippen LogP contribution is -2.32. The number of carbonyl (C=O) groups excluding carboxylic acids is 1. The number of amides is 1. The molecule has 0 aliphatic carbocycles. The monoisotopic (exact) mass is 278 g/mol. The van der Waals surface area contributed by atoms with Gasteiger partial charge in [0.1, 0.15) is 0 Å². The average molecular weight is 279 g/mol. The standard InChI is InChI=1S/C13H26N2O2.ClH/c1-3-8-14-9-10-15-13(16)7-6-12-5-4-11(2)17-12;/h11-12,14H,3-10H2,1-2H3,(H,15,16);1H. The minimum atomic E-state index is 0. The van der Waals surface area contributed by atoms with E-state index in [-0.39, 0.29) is 18.3 Å². The molecule has 2 unspecified atom stereocenters. The van der Waals surface area contributed by atoms with Gasteiger partial charge < -0.3 is 15.4 Å². The topological polar surface area (TPSA) is 50.4 Å². The van der Waals surface area contributed by atoms with Crippen molar-refractivity contribution in [1.29, 1.82) is 0 Å². The predicted molar refractivity (Wildman–Crippen MR) is 76.2 cm³/mol. The summed E-state index contributed by atoms with van der Waals surface area (Å²) in [6.07, 6.45) is 5.49. The molecule has 2 atom stereocenters. The van der Waals surface area contributed by atoms with Gasteiger partial charge in [-0.15, -0.1) is 12.4 Å². The van der Waals surface area contributed by atoms with Gasteiger partial charge in [0.15, 0.2) is 0 Å². The molecule has 1 aliphatic rings. The fourth-order valence-electron chi connectivity index (χ4n) is 2.07. The molecular formula is C13H27ClN2O2. The fourth-order valence-corrected chi connectivity index (χ4v) is 2.07. The van der Waals surface area contributed by atoms with Gasteiger partial charge in [-0.25, -0.2) is 0 Å². The van der Waals surface area contributed by atoms with Crippen LogP contribution in [0.15, 0.2) is 0 Å². The maximum atomic E-state index is 11.5. The summed E-state index contributed by atoms with van der Waals surface area (Å²) in [7, 11) is 0. The van der Waals surface area contributed by atoms with Crippen LogP contribution in [0.1, 0.15) is 46.0 Å². The van der Waals surface area contributed by atoms with Crippen LogP contribution in [0.4, 0.5) is 0 Å². The molecule has 1 aliphatic heterocycles. The summed E-state index contributed by atoms with van der Waals surface area (Å²) in [6.45, 7) is 6.83. The van der Waals surface area contributed by atoms with Crippen molar-refractivity contribution in [3.05, 3.63) is 0 Å². The Kier molecular flexibility index (Phi) is 10.4. The van der Waals surface area contributed by atoms with Crippen LogP contribution >= 0.6 is 12.4 Å². The van der Waals surface area contributed by atoms with E-state index in [2.05, 4.69) is 24.5 Å². The van der Waals surface area contributed by atoms with E-state index in [1.165, 1.54) is 0 Å². The number of carbonyl (C=O) groups is 1. The second kappa shape index (κ2) is 10.6. The normalized spacial score (nSPS) is 22.6. The van der Waals surface area contributed by atoms with Crippen LogP contribution in [0.3, 0.4) is 0 Å². The number of halogens is 1. The van der Waals surface area contributed by atoms with Gasteiger partial charge >= 0.3 is 0 Å². The molecule has 0 radical (unpaired) electrons. The van der Waals surface area contributed by atoms with Crippen molar-refractivity contribution in [3.63, 3.8) is 0 Å². The van der Waals surface area contributed by atoms with Crippen molar-refractivity contribution >= 4 is 18.3 Å². The fraction of sp³-hybridized carbons (Fsp3) is 0.923. The molecule has 5 heteroatoms. The Morgan fingerprint density at radius 1 is 1.28 bits per heavy atom. The number of hydrogen-bond donors (Lipinski definition) is 2. The molecule has 1 amide bonds. The quantitative estimate of drug-likeness (QED) is 0.667. The molecule has 0 bridgehead atoms. The zero-order valence-corrected chi connectivity index (χ0v) is 12.4. The predicted octanol–water partition coefficient (Wildman–Crippen LogP) is 1.87. The molecule has 0 aromatic heterocycles. The molecule has 0 aromatic rings. The molecule has 4 nitrogen and oxygen atoms in total. The molecular weight excluding hydrogens is 252 g/mol. The number of rotatable bonds is 8. The Labute approximate surface area is 117 Å². The van der Waals surface area contributed by atoms with Crippen LogP contribution in [0.2, 0.25) is 0 Å². The highest BCUT2D eigenvalue weighted by molar-refractivity contribution is 5.85. The lowest BCUT2D eigenvalue weighted by Gasteiger charge is -2.11. The van der Waals surface area contributed by atoms with E-state index >= 15 is 0 Å². The van der Waals surface area contributed by atoms with Crippen LogP contribution in [-0.4, -0.2) is 37.7 Å². The van der Waals surface area contributed by atoms with Crippen molar-refractivity contribution in [2.24, 2.45) is 0 Å². The maximum absolute atomic E-state index is 11.5. The summed E-state index contributed by atoms with van der Waals surface area (Å²) in [5.41, 5.74) is 0. The van der Waals surface area contributed by atoms with Gasteiger partial charge in [0, 0.05) is 19.5 Å². The van der Waals surface area contributed by atoms with Gasteiger partial charge in [-0.05, 0) is 39.2 Å². The molecule has 1 fully saturated rings. The van der Waals surface area contributed by atoms with E-state index in [9.17, 15) is 4.79 Å². The lowest BCUT2D eigenvalue weighted by molar-refractivity contribution is -0.121. The number of ether oxygens (including phenoxy) is 1. The third-order valence-electron chi connectivity index (χ3n) is 3.06. The van der Waals surface area contributed by atoms with Crippen LogP contribution in [0.5, 0.6) is 0 Å². The van der Waals surface area contributed by atoms with E-state index in [0.717, 1.165) is 45.3 Å². The average Bonchev–Trinajstić information content (AvgIpc) is 2.72. The largest absolute Gasteiger partial charge is 0.375 e. The molecule has 1 rings (SSSR count). The summed E-state index contributed by atoms with van der Waals surface area (Å²) < 4.78 is 5.68. The van der Waals surface area contributed by atoms with Crippen molar-refractivity contribution in [3.8, 4) is 0 Å². The van der Waals surface area contributed by atoms with E-state index in [4.69, 9.17) is 4.74 Å². The Morgan fingerprint density at radius 3 is 2.67 bits per heavy atom. The SMILES string of the molecule is CCCNCCNC(=O)CCC1CCC(C)O1.Cl. The third kappa shape index (κ3) is 7.90. The molecule has 108 valence electrons. The second-order valence-electron chi connectivity index (χ2n) is 4.78. The molecule has 1 saturated heterocycles. The molecule has 18 heavy (non-hydrogen) atoms. The van der Waals surface area contributed by atoms with Gasteiger partial charge in [-0.3, -0.25) is 4.79 Å². The highest BCUT2D eigenvalue weighted by atomic mass is 35.5. The van der Waals surface area contributed by atoms with Gasteiger partial charge in [0.05, 0.1) is 12.2 Å². The molecule has 2 N–H and O–H groups in total. The smallest absolute Gasteiger partial charge is 0.220 e. The summed E-state index contributed by atoms with van der Waals surface area (Å²) in [6, 6.07) is 0. The molecule has 1 heterocycles. The van der Waals surface area contributed by atoms with Crippen LogP contribution in [0.25, 0.3) is 0 Å². The summed E-state index contributed by atoms with van der Waals surface area (Å²) >= 11 is 0. The first-order valence-electron chi connectivity index (χ1n) is 6.85. The van der Waals surface area contributed by atoms with Crippen molar-refractivity contribution in [2.45, 2.75) is 58.2 Å². The summed E-state index contributed by atoms with van der Waals surface area (Å²) in [5, 5.41) is 6.17. The van der Waals surface area contributed by atoms with E-state index < -0.39 is 0 Å². The zero-order chi connectivity index (χ0) is 12.5. The third-order valence-corrected chi connectivity index (χ3v) is 3.06. The van der Waals surface area contributed by atoms with Gasteiger partial charge in [0.2, 0.25) is 5.91 Å². The summed E-state index contributed by atoms with van der Waals surface area (Å²) in [5.74, 6) is 0.145. The maximum Gasteiger partial charge on any atom is 0.220 e. The van der Waals surface area contributed by atoms with E-state index in [1.54, 1.807) is 0 Å². The highest BCUT2D eigenvalue weighted by Crippen LogP contribution is 2.22. The molecule has 0 aromatic carbocycles. The minimum absolute atomic E-state index is 0. The van der Waals surface area contributed by atoms with Gasteiger partial charge in [-0.2, -0.15) is 0 Å². The number of hydrogen-bond acceptors (Lipinski definition) is 3. The van der Waals surface area contributed by atoms with Gasteiger partial charge in [-0.1, -0.05) is 6.92 Å². The summed E-state index contributed by atoms with van der Waals surface area (Å²) in [4.78, 5) is 11.5. The Balaban J connectivity index is 0.00000289. The van der Waals surface area contributed by atoms with Gasteiger partial charge in [0.25, 0.3) is 0 Å². The van der Waals surface area contributed by atoms with Crippen molar-refractivity contribution in [2.75, 3.05) is 19.6 Å². The van der Waals surface area contributed by atoms with Crippen molar-refractivity contribution in [1.82, 2.24) is 10.6 Å². The molecule has 0 spiro atoms. The molecule has 0 saturated carbocycles. The van der Waals surface area contributed by atoms with E-state index in [1.807, 2.05) is 0 Å². The first kappa shape index (κ1) is 17.7. The highest BCUT2D eigenvalue weighted by Gasteiger charge is 2.21.